The summed E-state index contributed by atoms with van der Waals surface area (Å²) in [4.78, 5) is 13.0. The van der Waals surface area contributed by atoms with Gasteiger partial charge in [0.1, 0.15) is 54.9 Å². The molecule has 0 amide bonds. The van der Waals surface area contributed by atoms with Gasteiger partial charge in [0.2, 0.25) is 0 Å². The Morgan fingerprint density at radius 3 is 1.43 bits per heavy atom. The summed E-state index contributed by atoms with van der Waals surface area (Å²) < 4.78 is 34.2. The fourth-order valence-electron chi connectivity index (χ4n) is 7.09. The van der Waals surface area contributed by atoms with E-state index in [-0.39, 0.29) is 19.6 Å². The first kappa shape index (κ1) is 60.0. The molecular formula is C53H86O14. The summed E-state index contributed by atoms with van der Waals surface area (Å²) in [7, 11) is 0. The topological polar surface area (TPSA) is 214 Å². The van der Waals surface area contributed by atoms with Crippen molar-refractivity contribution in [2.75, 3.05) is 33.0 Å². The Morgan fingerprint density at radius 1 is 0.493 bits per heavy atom. The molecule has 0 saturated carbocycles. The van der Waals surface area contributed by atoms with E-state index in [1.807, 2.05) is 0 Å². The van der Waals surface area contributed by atoms with E-state index in [0.29, 0.717) is 13.0 Å². The molecule has 2 aliphatic heterocycles. The zero-order valence-corrected chi connectivity index (χ0v) is 40.3. The minimum Gasteiger partial charge on any atom is -0.457 e. The van der Waals surface area contributed by atoms with Crippen LogP contribution in [0.1, 0.15) is 129 Å². The van der Waals surface area contributed by atoms with E-state index in [4.69, 9.17) is 28.4 Å². The number of aliphatic hydroxyl groups excluding tert-OH is 7. The average Bonchev–Trinajstić information content (AvgIpc) is 3.32. The van der Waals surface area contributed by atoms with Gasteiger partial charge in [-0.05, 0) is 89.9 Å². The van der Waals surface area contributed by atoms with Crippen molar-refractivity contribution in [2.45, 2.75) is 197 Å². The van der Waals surface area contributed by atoms with Crippen molar-refractivity contribution in [3.8, 4) is 0 Å². The molecule has 14 heteroatoms. The largest absolute Gasteiger partial charge is 0.457 e. The molecule has 11 unspecified atom stereocenters. The quantitative estimate of drug-likeness (QED) is 0.0189. The summed E-state index contributed by atoms with van der Waals surface area (Å²) >= 11 is 0. The molecule has 0 aromatic rings. The fraction of sp³-hybridized carbons (Fsp3) is 0.679. The van der Waals surface area contributed by atoms with Crippen LogP contribution in [0.5, 0.6) is 0 Å². The molecule has 0 aromatic heterocycles. The molecule has 0 aliphatic carbocycles. The van der Waals surface area contributed by atoms with Gasteiger partial charge in [0.05, 0.1) is 26.4 Å². The SMILES string of the molecule is CC/C=C\C/C=C\C/C=C\C/C=C\CCCCCCC(=O)OC(COCCCCC/C=C\C/C=C\C/C=C\C/C=C\CC)COC1OC(COC2OC(CO)C(O)C(O)C2O)C(O)C(O)C1O. The van der Waals surface area contributed by atoms with E-state index in [1.54, 1.807) is 0 Å². The Labute approximate surface area is 401 Å². The number of carbonyl (C=O) groups excluding carboxylic acids is 1. The molecule has 67 heavy (non-hydrogen) atoms. The van der Waals surface area contributed by atoms with Gasteiger partial charge in [0, 0.05) is 13.0 Å². The summed E-state index contributed by atoms with van der Waals surface area (Å²) in [5.74, 6) is -0.416. The highest BCUT2D eigenvalue weighted by atomic mass is 16.7. The number of hydrogen-bond donors (Lipinski definition) is 7. The predicted octanol–water partition coefficient (Wildman–Crippen LogP) is 7.07. The van der Waals surface area contributed by atoms with Crippen LogP contribution in [0, 0.1) is 0 Å². The van der Waals surface area contributed by atoms with Gasteiger partial charge in [0.25, 0.3) is 0 Å². The van der Waals surface area contributed by atoms with Gasteiger partial charge in [-0.1, -0.05) is 130 Å². The number of unbranched alkanes of at least 4 members (excludes halogenated alkanes) is 7. The highest BCUT2D eigenvalue weighted by Gasteiger charge is 2.47. The van der Waals surface area contributed by atoms with Gasteiger partial charge in [0.15, 0.2) is 12.6 Å². The van der Waals surface area contributed by atoms with Crippen molar-refractivity contribution in [3.63, 3.8) is 0 Å². The Hall–Kier alpha value is -3.09. The van der Waals surface area contributed by atoms with Gasteiger partial charge >= 0.3 is 5.97 Å². The first-order valence-electron chi connectivity index (χ1n) is 24.8. The lowest BCUT2D eigenvalue weighted by Gasteiger charge is -2.42. The maximum atomic E-state index is 13.0. The summed E-state index contributed by atoms with van der Waals surface area (Å²) in [5.41, 5.74) is 0. The second-order valence-corrected chi connectivity index (χ2v) is 16.9. The number of carbonyl (C=O) groups is 1. The molecule has 382 valence electrons. The standard InChI is InChI=1S/C53H86O14/c1-3-5-7-9-11-13-15-17-19-21-22-24-26-28-30-32-34-36-45(55)65-42(39-62-37-35-33-31-29-27-25-23-20-18-16-14-12-10-8-6-4-2)40-63-52-51(61)49(59)47(57)44(67-52)41-64-53-50(60)48(58)46(56)43(38-54)66-53/h5-8,11-14,17-20,22,24-25,27,42-44,46-54,56-61H,3-4,9-10,15-16,21,23,26,28-41H2,1-2H3/b7-5-,8-6-,13-11-,14-12-,19-17-,20-18-,24-22-,27-25-. The van der Waals surface area contributed by atoms with E-state index in [1.165, 1.54) is 0 Å². The van der Waals surface area contributed by atoms with Crippen molar-refractivity contribution in [3.05, 3.63) is 97.2 Å². The zero-order chi connectivity index (χ0) is 48.7. The molecule has 2 fully saturated rings. The first-order valence-corrected chi connectivity index (χ1v) is 24.8. The average molecular weight is 947 g/mol. The van der Waals surface area contributed by atoms with Crippen LogP contribution in [0.4, 0.5) is 0 Å². The molecule has 14 nitrogen and oxygen atoms in total. The lowest BCUT2D eigenvalue weighted by atomic mass is 9.98. The number of esters is 1. The summed E-state index contributed by atoms with van der Waals surface area (Å²) in [6, 6.07) is 0. The van der Waals surface area contributed by atoms with Gasteiger partial charge in [-0.2, -0.15) is 0 Å². The molecule has 0 radical (unpaired) electrons. The van der Waals surface area contributed by atoms with Crippen molar-refractivity contribution in [1.82, 2.24) is 0 Å². The molecule has 7 N–H and O–H groups in total. The summed E-state index contributed by atoms with van der Waals surface area (Å²) in [6.45, 7) is 3.31. The number of allylic oxidation sites excluding steroid dienone is 16. The van der Waals surface area contributed by atoms with Crippen LogP contribution in [-0.2, 0) is 33.2 Å². The summed E-state index contributed by atoms with van der Waals surface area (Å²) in [5, 5.41) is 72.1. The third kappa shape index (κ3) is 27.6. The van der Waals surface area contributed by atoms with Crippen LogP contribution in [0.3, 0.4) is 0 Å². The number of ether oxygens (including phenoxy) is 6. The highest BCUT2D eigenvalue weighted by molar-refractivity contribution is 5.69. The molecular weight excluding hydrogens is 861 g/mol. The van der Waals surface area contributed by atoms with Crippen LogP contribution in [0.25, 0.3) is 0 Å². The van der Waals surface area contributed by atoms with Crippen molar-refractivity contribution in [2.24, 2.45) is 0 Å². The summed E-state index contributed by atoms with van der Waals surface area (Å²) in [6.07, 6.45) is 34.7. The van der Waals surface area contributed by atoms with Crippen molar-refractivity contribution < 1.29 is 69.0 Å². The zero-order valence-electron chi connectivity index (χ0n) is 40.3. The third-order valence-corrected chi connectivity index (χ3v) is 11.1. The van der Waals surface area contributed by atoms with Crippen LogP contribution in [-0.4, -0.2) is 142 Å². The first-order chi connectivity index (χ1) is 32.6. The van der Waals surface area contributed by atoms with Crippen molar-refractivity contribution in [1.29, 1.82) is 0 Å². The van der Waals surface area contributed by atoms with E-state index in [9.17, 15) is 40.5 Å². The molecule has 2 saturated heterocycles. The van der Waals surface area contributed by atoms with Crippen LogP contribution in [0.2, 0.25) is 0 Å². The molecule has 0 bridgehead atoms. The number of aliphatic hydroxyl groups is 7. The molecule has 2 aliphatic rings. The van der Waals surface area contributed by atoms with Gasteiger partial charge in [-0.15, -0.1) is 0 Å². The minimum atomic E-state index is -1.72. The van der Waals surface area contributed by atoms with Crippen molar-refractivity contribution >= 4 is 5.97 Å². The lowest BCUT2D eigenvalue weighted by molar-refractivity contribution is -0.332. The number of hydrogen-bond acceptors (Lipinski definition) is 14. The Kier molecular flexibility index (Phi) is 35.6. The molecule has 0 aromatic carbocycles. The molecule has 2 rings (SSSR count). The smallest absolute Gasteiger partial charge is 0.306 e. The number of rotatable bonds is 37. The van der Waals surface area contributed by atoms with Gasteiger partial charge in [-0.3, -0.25) is 4.79 Å². The molecule has 0 spiro atoms. The minimum absolute atomic E-state index is 0.0229. The third-order valence-electron chi connectivity index (χ3n) is 11.1. The Morgan fingerprint density at radius 2 is 0.925 bits per heavy atom. The van der Waals surface area contributed by atoms with Gasteiger partial charge < -0.3 is 64.2 Å². The van der Waals surface area contributed by atoms with E-state index in [2.05, 4.69) is 111 Å². The Bertz CT molecular complexity index is 1470. The predicted molar refractivity (Wildman–Crippen MR) is 261 cm³/mol. The highest BCUT2D eigenvalue weighted by Crippen LogP contribution is 2.26. The second-order valence-electron chi connectivity index (χ2n) is 16.9. The van der Waals surface area contributed by atoms with Crippen LogP contribution >= 0.6 is 0 Å². The monoisotopic (exact) mass is 947 g/mol. The van der Waals surface area contributed by atoms with Crippen LogP contribution in [0.15, 0.2) is 97.2 Å². The lowest BCUT2D eigenvalue weighted by Crippen LogP contribution is -2.61. The Balaban J connectivity index is 1.82. The molecule has 2 heterocycles. The normalized spacial score (nSPS) is 26.9. The van der Waals surface area contributed by atoms with Crippen LogP contribution < -0.4 is 0 Å². The maximum Gasteiger partial charge on any atom is 0.306 e. The maximum absolute atomic E-state index is 13.0. The van der Waals surface area contributed by atoms with E-state index >= 15 is 0 Å². The van der Waals surface area contributed by atoms with Gasteiger partial charge in [-0.25, -0.2) is 0 Å². The second kappa shape index (κ2) is 39.7. The molecule has 11 atom stereocenters. The fourth-order valence-corrected chi connectivity index (χ4v) is 7.09. The van der Waals surface area contributed by atoms with E-state index < -0.39 is 86.7 Å². The van der Waals surface area contributed by atoms with E-state index in [0.717, 1.165) is 103 Å².